The number of benzene rings is 1. The van der Waals surface area contributed by atoms with Gasteiger partial charge in [-0.25, -0.2) is 8.42 Å². The highest BCUT2D eigenvalue weighted by Crippen LogP contribution is 2.37. The van der Waals surface area contributed by atoms with Gasteiger partial charge in [0.2, 0.25) is 10.0 Å². The van der Waals surface area contributed by atoms with Gasteiger partial charge in [0.05, 0.1) is 37.2 Å². The first-order chi connectivity index (χ1) is 15.0. The van der Waals surface area contributed by atoms with Gasteiger partial charge in [0.25, 0.3) is 0 Å². The van der Waals surface area contributed by atoms with Gasteiger partial charge in [0, 0.05) is 45.3 Å². The molecule has 0 amide bonds. The molecular formula is C21H32F3N3O4S. The van der Waals surface area contributed by atoms with Crippen LogP contribution in [0.3, 0.4) is 0 Å². The number of anilines is 1. The van der Waals surface area contributed by atoms with Gasteiger partial charge in [0.15, 0.2) is 0 Å². The SMILES string of the molecule is CC(C)OCCN1CCN(c2ccc(C(F)(F)F)cc2S(=O)(=O)N2CCOC[C@@H]2C)CC1. The number of halogens is 3. The summed E-state index contributed by atoms with van der Waals surface area (Å²) in [6.07, 6.45) is -4.48. The molecule has 0 aromatic heterocycles. The molecule has 1 aromatic rings. The minimum Gasteiger partial charge on any atom is -0.378 e. The lowest BCUT2D eigenvalue weighted by atomic mass is 10.1. The molecule has 7 nitrogen and oxygen atoms in total. The molecule has 2 aliphatic rings. The van der Waals surface area contributed by atoms with E-state index in [4.69, 9.17) is 9.47 Å². The summed E-state index contributed by atoms with van der Waals surface area (Å²) in [6, 6.07) is 2.57. The van der Waals surface area contributed by atoms with E-state index in [1.165, 1.54) is 10.4 Å². The van der Waals surface area contributed by atoms with Crippen LogP contribution in [0.15, 0.2) is 23.1 Å². The maximum absolute atomic E-state index is 13.5. The molecule has 0 unspecified atom stereocenters. The summed E-state index contributed by atoms with van der Waals surface area (Å²) in [6.45, 7) is 9.94. The van der Waals surface area contributed by atoms with Crippen LogP contribution < -0.4 is 4.90 Å². The predicted octanol–water partition coefficient (Wildman–Crippen LogP) is 2.66. The number of morpholine rings is 1. The number of rotatable bonds is 7. The maximum Gasteiger partial charge on any atom is 0.416 e. The van der Waals surface area contributed by atoms with Gasteiger partial charge in [0.1, 0.15) is 4.90 Å². The molecule has 2 aliphatic heterocycles. The summed E-state index contributed by atoms with van der Waals surface area (Å²) in [7, 11) is -4.13. The maximum atomic E-state index is 13.5. The summed E-state index contributed by atoms with van der Waals surface area (Å²) >= 11 is 0. The van der Waals surface area contributed by atoms with E-state index in [9.17, 15) is 21.6 Å². The number of hydrogen-bond acceptors (Lipinski definition) is 6. The molecular weight excluding hydrogens is 447 g/mol. The average molecular weight is 480 g/mol. The monoisotopic (exact) mass is 479 g/mol. The lowest BCUT2D eigenvalue weighted by Crippen LogP contribution is -2.49. The fourth-order valence-corrected chi connectivity index (χ4v) is 5.82. The van der Waals surface area contributed by atoms with Crippen molar-refractivity contribution in [3.05, 3.63) is 23.8 Å². The molecule has 0 N–H and O–H groups in total. The number of ether oxygens (including phenoxy) is 2. The molecule has 0 aliphatic carbocycles. The Morgan fingerprint density at radius 2 is 1.84 bits per heavy atom. The Hall–Kier alpha value is -1.40. The van der Waals surface area contributed by atoms with Crippen molar-refractivity contribution in [3.63, 3.8) is 0 Å². The topological polar surface area (TPSA) is 62.3 Å². The number of alkyl halides is 3. The molecule has 1 atom stereocenters. The first-order valence-corrected chi connectivity index (χ1v) is 12.3. The van der Waals surface area contributed by atoms with Crippen molar-refractivity contribution in [2.24, 2.45) is 0 Å². The summed E-state index contributed by atoms with van der Waals surface area (Å²) in [5, 5.41) is 0. The highest BCUT2D eigenvalue weighted by Gasteiger charge is 2.38. The van der Waals surface area contributed by atoms with Gasteiger partial charge in [-0.3, -0.25) is 4.90 Å². The molecule has 0 radical (unpaired) electrons. The van der Waals surface area contributed by atoms with Crippen LogP contribution in [-0.2, 0) is 25.7 Å². The first-order valence-electron chi connectivity index (χ1n) is 10.9. The van der Waals surface area contributed by atoms with Crippen LogP contribution in [-0.4, -0.2) is 88.9 Å². The molecule has 11 heteroatoms. The summed E-state index contributed by atoms with van der Waals surface area (Å²) in [4.78, 5) is 3.77. The second-order valence-electron chi connectivity index (χ2n) is 8.47. The molecule has 0 bridgehead atoms. The van der Waals surface area contributed by atoms with E-state index in [0.29, 0.717) is 38.5 Å². The molecule has 32 heavy (non-hydrogen) atoms. The summed E-state index contributed by atoms with van der Waals surface area (Å²) in [5.74, 6) is 0. The van der Waals surface area contributed by atoms with Crippen molar-refractivity contribution in [2.45, 2.75) is 44.0 Å². The van der Waals surface area contributed by atoms with E-state index >= 15 is 0 Å². The smallest absolute Gasteiger partial charge is 0.378 e. The second kappa shape index (κ2) is 10.3. The van der Waals surface area contributed by atoms with Gasteiger partial charge in [-0.1, -0.05) is 0 Å². The standard InChI is InChI=1S/C21H32F3N3O4S/c1-16(2)31-13-10-25-6-8-26(9-7-25)19-5-4-18(21(22,23)24)14-20(19)32(28,29)27-11-12-30-15-17(27)3/h4-5,14,16-17H,6-13,15H2,1-3H3/t17-/m0/s1. The van der Waals surface area contributed by atoms with Crippen LogP contribution >= 0.6 is 0 Å². The Labute approximate surface area is 188 Å². The van der Waals surface area contributed by atoms with Gasteiger partial charge in [-0.2, -0.15) is 17.5 Å². The van der Waals surface area contributed by atoms with Crippen LogP contribution in [0.25, 0.3) is 0 Å². The van der Waals surface area contributed by atoms with Crippen molar-refractivity contribution in [2.75, 3.05) is 64.0 Å². The molecule has 0 saturated carbocycles. The molecule has 2 fully saturated rings. The number of hydrogen-bond donors (Lipinski definition) is 0. The average Bonchev–Trinajstić information content (AvgIpc) is 2.73. The number of nitrogens with zero attached hydrogens (tertiary/aromatic N) is 3. The molecule has 3 rings (SSSR count). The van der Waals surface area contributed by atoms with Crippen LogP contribution in [0.2, 0.25) is 0 Å². The van der Waals surface area contributed by atoms with Gasteiger partial charge in [-0.05, 0) is 39.0 Å². The minimum atomic E-state index is -4.63. The third-order valence-corrected chi connectivity index (χ3v) is 7.79. The van der Waals surface area contributed by atoms with Crippen molar-refractivity contribution in [3.8, 4) is 0 Å². The van der Waals surface area contributed by atoms with Crippen molar-refractivity contribution >= 4 is 15.7 Å². The Morgan fingerprint density at radius 3 is 2.44 bits per heavy atom. The molecule has 1 aromatic carbocycles. The molecule has 2 heterocycles. The van der Waals surface area contributed by atoms with Gasteiger partial charge < -0.3 is 14.4 Å². The zero-order valence-corrected chi connectivity index (χ0v) is 19.6. The van der Waals surface area contributed by atoms with Gasteiger partial charge >= 0.3 is 6.18 Å². The summed E-state index contributed by atoms with van der Waals surface area (Å²) < 4.78 is 79.3. The lowest BCUT2D eigenvalue weighted by molar-refractivity contribution is -0.137. The number of sulfonamides is 1. The second-order valence-corrected chi connectivity index (χ2v) is 10.3. The summed E-state index contributed by atoms with van der Waals surface area (Å²) in [5.41, 5.74) is -0.653. The largest absolute Gasteiger partial charge is 0.416 e. The quantitative estimate of drug-likeness (QED) is 0.599. The highest BCUT2D eigenvalue weighted by molar-refractivity contribution is 7.89. The predicted molar refractivity (Wildman–Crippen MR) is 115 cm³/mol. The third kappa shape index (κ3) is 5.93. The van der Waals surface area contributed by atoms with Gasteiger partial charge in [-0.15, -0.1) is 0 Å². The van der Waals surface area contributed by atoms with Crippen LogP contribution in [0, 0.1) is 0 Å². The van der Waals surface area contributed by atoms with E-state index in [2.05, 4.69) is 4.90 Å². The molecule has 0 spiro atoms. The third-order valence-electron chi connectivity index (χ3n) is 5.75. The number of piperazine rings is 1. The normalized spacial score (nSPS) is 22.0. The minimum absolute atomic E-state index is 0.114. The Bertz CT molecular complexity index is 872. The van der Waals surface area contributed by atoms with E-state index in [1.54, 1.807) is 6.92 Å². The zero-order valence-electron chi connectivity index (χ0n) is 18.8. The molecule has 182 valence electrons. The Kier molecular flexibility index (Phi) is 8.08. The van der Waals surface area contributed by atoms with E-state index in [0.717, 1.165) is 18.7 Å². The van der Waals surface area contributed by atoms with E-state index < -0.39 is 27.8 Å². The van der Waals surface area contributed by atoms with E-state index in [1.807, 2.05) is 18.7 Å². The van der Waals surface area contributed by atoms with Crippen molar-refractivity contribution in [1.29, 1.82) is 0 Å². The highest BCUT2D eigenvalue weighted by atomic mass is 32.2. The first kappa shape index (κ1) is 25.2. The van der Waals surface area contributed by atoms with E-state index in [-0.39, 0.29) is 30.8 Å². The fourth-order valence-electron chi connectivity index (χ4n) is 3.98. The Morgan fingerprint density at radius 1 is 1.16 bits per heavy atom. The van der Waals surface area contributed by atoms with Crippen molar-refractivity contribution in [1.82, 2.24) is 9.21 Å². The van der Waals surface area contributed by atoms with Crippen LogP contribution in [0.4, 0.5) is 18.9 Å². The molecule has 2 saturated heterocycles. The fraction of sp³-hybridized carbons (Fsp3) is 0.714. The van der Waals surface area contributed by atoms with Crippen LogP contribution in [0.5, 0.6) is 0 Å². The van der Waals surface area contributed by atoms with Crippen molar-refractivity contribution < 1.29 is 31.1 Å². The van der Waals surface area contributed by atoms with Crippen LogP contribution in [0.1, 0.15) is 26.3 Å². The Balaban J connectivity index is 1.85. The lowest BCUT2D eigenvalue weighted by Gasteiger charge is -2.38. The zero-order chi connectivity index (χ0) is 23.5.